The largest absolute Gasteiger partial charge is 0.398 e. The van der Waals surface area contributed by atoms with Crippen molar-refractivity contribution in [3.8, 4) is 0 Å². The molecule has 0 aromatic heterocycles. The minimum atomic E-state index is 0.226. The summed E-state index contributed by atoms with van der Waals surface area (Å²) in [6.45, 7) is 4.14. The highest BCUT2D eigenvalue weighted by Gasteiger charge is 2.08. The second kappa shape index (κ2) is 5.32. The van der Waals surface area contributed by atoms with Crippen LogP contribution in [0.4, 0.5) is 11.4 Å². The highest BCUT2D eigenvalue weighted by molar-refractivity contribution is 6.33. The van der Waals surface area contributed by atoms with Crippen molar-refractivity contribution in [1.82, 2.24) is 0 Å². The molecule has 3 heteroatoms. The van der Waals surface area contributed by atoms with E-state index in [9.17, 15) is 0 Å². The predicted molar refractivity (Wildman–Crippen MR) is 79.1 cm³/mol. The van der Waals surface area contributed by atoms with E-state index in [1.54, 1.807) is 0 Å². The standard InChI is InChI=1S/C15H17ClN2/c1-10-8-14(17)13(16)9-15(10)18-11(2)12-6-4-3-5-7-12/h3-9,11,18H,17H2,1-2H3. The van der Waals surface area contributed by atoms with Crippen molar-refractivity contribution in [2.45, 2.75) is 19.9 Å². The Balaban J connectivity index is 2.22. The molecule has 0 heterocycles. The zero-order chi connectivity index (χ0) is 13.1. The number of hydrogen-bond donors (Lipinski definition) is 2. The van der Waals surface area contributed by atoms with Gasteiger partial charge < -0.3 is 11.1 Å². The maximum absolute atomic E-state index is 6.05. The van der Waals surface area contributed by atoms with Crippen LogP contribution in [0.3, 0.4) is 0 Å². The molecule has 0 saturated heterocycles. The first-order valence-electron chi connectivity index (χ1n) is 5.95. The van der Waals surface area contributed by atoms with E-state index in [-0.39, 0.29) is 6.04 Å². The Morgan fingerprint density at radius 2 is 1.83 bits per heavy atom. The molecule has 18 heavy (non-hydrogen) atoms. The van der Waals surface area contributed by atoms with Crippen molar-refractivity contribution in [3.05, 3.63) is 58.6 Å². The molecule has 94 valence electrons. The van der Waals surface area contributed by atoms with Crippen LogP contribution in [0.2, 0.25) is 5.02 Å². The zero-order valence-electron chi connectivity index (χ0n) is 10.6. The summed E-state index contributed by atoms with van der Waals surface area (Å²) < 4.78 is 0. The quantitative estimate of drug-likeness (QED) is 0.803. The Labute approximate surface area is 113 Å². The van der Waals surface area contributed by atoms with Crippen LogP contribution < -0.4 is 11.1 Å². The molecule has 2 aromatic carbocycles. The molecule has 0 aliphatic heterocycles. The van der Waals surface area contributed by atoms with E-state index in [1.165, 1.54) is 5.56 Å². The van der Waals surface area contributed by atoms with Gasteiger partial charge in [0.2, 0.25) is 0 Å². The Morgan fingerprint density at radius 1 is 1.17 bits per heavy atom. The lowest BCUT2D eigenvalue weighted by molar-refractivity contribution is 0.883. The number of benzene rings is 2. The van der Waals surface area contributed by atoms with Crippen molar-refractivity contribution < 1.29 is 0 Å². The van der Waals surface area contributed by atoms with Crippen LogP contribution in [0.5, 0.6) is 0 Å². The Bertz CT molecular complexity index is 538. The lowest BCUT2D eigenvalue weighted by atomic mass is 10.1. The summed E-state index contributed by atoms with van der Waals surface area (Å²) in [6, 6.07) is 14.3. The molecule has 0 bridgehead atoms. The van der Waals surface area contributed by atoms with Gasteiger partial charge in [-0.25, -0.2) is 0 Å². The number of nitrogens with two attached hydrogens (primary N) is 1. The number of anilines is 2. The number of hydrogen-bond acceptors (Lipinski definition) is 2. The van der Waals surface area contributed by atoms with Crippen LogP contribution in [-0.4, -0.2) is 0 Å². The SMILES string of the molecule is Cc1cc(N)c(Cl)cc1NC(C)c1ccccc1. The monoisotopic (exact) mass is 260 g/mol. The first kappa shape index (κ1) is 12.8. The molecule has 0 aliphatic rings. The Hall–Kier alpha value is -1.67. The number of halogens is 1. The van der Waals surface area contributed by atoms with E-state index in [4.69, 9.17) is 17.3 Å². The van der Waals surface area contributed by atoms with Gasteiger partial charge in [0.25, 0.3) is 0 Å². The Kier molecular flexibility index (Phi) is 3.78. The smallest absolute Gasteiger partial charge is 0.0656 e. The second-order valence-electron chi connectivity index (χ2n) is 4.47. The van der Waals surface area contributed by atoms with Crippen molar-refractivity contribution in [1.29, 1.82) is 0 Å². The molecule has 2 rings (SSSR count). The maximum atomic E-state index is 6.05. The number of nitrogens with one attached hydrogen (secondary N) is 1. The van der Waals surface area contributed by atoms with Crippen molar-refractivity contribution >= 4 is 23.0 Å². The highest BCUT2D eigenvalue weighted by Crippen LogP contribution is 2.29. The highest BCUT2D eigenvalue weighted by atomic mass is 35.5. The average Bonchev–Trinajstić information content (AvgIpc) is 2.37. The summed E-state index contributed by atoms with van der Waals surface area (Å²) in [5, 5.41) is 4.04. The van der Waals surface area contributed by atoms with Gasteiger partial charge in [-0.3, -0.25) is 0 Å². The van der Waals surface area contributed by atoms with Crippen LogP contribution >= 0.6 is 11.6 Å². The van der Waals surface area contributed by atoms with E-state index in [2.05, 4.69) is 24.4 Å². The molecule has 1 unspecified atom stereocenters. The van der Waals surface area contributed by atoms with E-state index in [1.807, 2.05) is 37.3 Å². The predicted octanol–water partition coefficient (Wildman–Crippen LogP) is 4.40. The van der Waals surface area contributed by atoms with Crippen molar-refractivity contribution in [2.75, 3.05) is 11.1 Å². The van der Waals surface area contributed by atoms with Crippen molar-refractivity contribution in [3.63, 3.8) is 0 Å². The second-order valence-corrected chi connectivity index (χ2v) is 4.87. The normalized spacial score (nSPS) is 12.2. The molecule has 2 nitrogen and oxygen atoms in total. The number of rotatable bonds is 3. The number of aryl methyl sites for hydroxylation is 1. The Morgan fingerprint density at radius 3 is 2.50 bits per heavy atom. The third-order valence-corrected chi connectivity index (χ3v) is 3.34. The fourth-order valence-electron chi connectivity index (χ4n) is 1.92. The molecule has 3 N–H and O–H groups in total. The summed E-state index contributed by atoms with van der Waals surface area (Å²) >= 11 is 6.05. The maximum Gasteiger partial charge on any atom is 0.0656 e. The van der Waals surface area contributed by atoms with Gasteiger partial charge in [0.1, 0.15) is 0 Å². The molecular formula is C15H17ClN2. The van der Waals surface area contributed by atoms with Crippen LogP contribution in [0.25, 0.3) is 0 Å². The molecule has 0 spiro atoms. The van der Waals surface area contributed by atoms with Crippen molar-refractivity contribution in [2.24, 2.45) is 0 Å². The van der Waals surface area contributed by atoms with Gasteiger partial charge in [0.15, 0.2) is 0 Å². The van der Waals surface area contributed by atoms with Crippen LogP contribution in [0.1, 0.15) is 24.1 Å². The van der Waals surface area contributed by atoms with Gasteiger partial charge in [0.05, 0.1) is 10.7 Å². The van der Waals surface area contributed by atoms with Gasteiger partial charge in [-0.15, -0.1) is 0 Å². The first-order chi connectivity index (χ1) is 8.58. The third-order valence-electron chi connectivity index (χ3n) is 3.02. The van der Waals surface area contributed by atoms with Gasteiger partial charge in [-0.1, -0.05) is 41.9 Å². The van der Waals surface area contributed by atoms with E-state index in [0.29, 0.717) is 10.7 Å². The molecule has 0 aliphatic carbocycles. The van der Waals surface area contributed by atoms with E-state index in [0.717, 1.165) is 11.3 Å². The van der Waals surface area contributed by atoms with Gasteiger partial charge >= 0.3 is 0 Å². The molecule has 0 saturated carbocycles. The van der Waals surface area contributed by atoms with E-state index < -0.39 is 0 Å². The molecular weight excluding hydrogens is 244 g/mol. The zero-order valence-corrected chi connectivity index (χ0v) is 11.3. The molecule has 0 fully saturated rings. The van der Waals surface area contributed by atoms with Gasteiger partial charge in [0, 0.05) is 11.7 Å². The summed E-state index contributed by atoms with van der Waals surface area (Å²) in [4.78, 5) is 0. The van der Waals surface area contributed by atoms with Crippen LogP contribution in [-0.2, 0) is 0 Å². The third kappa shape index (κ3) is 2.77. The summed E-state index contributed by atoms with van der Waals surface area (Å²) in [5.74, 6) is 0. The molecule has 0 radical (unpaired) electrons. The topological polar surface area (TPSA) is 38.0 Å². The lowest BCUT2D eigenvalue weighted by Gasteiger charge is -2.18. The number of nitrogen functional groups attached to an aromatic ring is 1. The lowest BCUT2D eigenvalue weighted by Crippen LogP contribution is -2.07. The molecule has 1 atom stereocenters. The first-order valence-corrected chi connectivity index (χ1v) is 6.33. The summed E-state index contributed by atoms with van der Waals surface area (Å²) in [7, 11) is 0. The minimum absolute atomic E-state index is 0.226. The fourth-order valence-corrected chi connectivity index (χ4v) is 2.08. The minimum Gasteiger partial charge on any atom is -0.398 e. The molecule has 0 amide bonds. The van der Waals surface area contributed by atoms with Crippen LogP contribution in [0.15, 0.2) is 42.5 Å². The van der Waals surface area contributed by atoms with Gasteiger partial charge in [-0.05, 0) is 37.1 Å². The fraction of sp³-hybridized carbons (Fsp3) is 0.200. The summed E-state index contributed by atoms with van der Waals surface area (Å²) in [5.41, 5.74) is 9.75. The van der Waals surface area contributed by atoms with Gasteiger partial charge in [-0.2, -0.15) is 0 Å². The van der Waals surface area contributed by atoms with Crippen LogP contribution in [0, 0.1) is 6.92 Å². The molecule has 2 aromatic rings. The average molecular weight is 261 g/mol. The summed E-state index contributed by atoms with van der Waals surface area (Å²) in [6.07, 6.45) is 0. The van der Waals surface area contributed by atoms with E-state index >= 15 is 0 Å².